The number of carbonyl (C=O) groups is 2. The van der Waals surface area contributed by atoms with Crippen molar-refractivity contribution >= 4 is 11.9 Å². The molecule has 27 heavy (non-hydrogen) atoms. The Kier molecular flexibility index (Phi) is 8.25. The molecule has 0 saturated heterocycles. The van der Waals surface area contributed by atoms with Crippen LogP contribution in [0.2, 0.25) is 0 Å². The molecular weight excluding hydrogens is 351 g/mol. The second-order valence-electron chi connectivity index (χ2n) is 8.11. The van der Waals surface area contributed by atoms with Crippen molar-refractivity contribution in [3.8, 4) is 5.75 Å². The predicted octanol–water partition coefficient (Wildman–Crippen LogP) is 4.53. The van der Waals surface area contributed by atoms with E-state index in [2.05, 4.69) is 0 Å². The summed E-state index contributed by atoms with van der Waals surface area (Å²) in [5.74, 6) is -1.40. The number of esters is 2. The molecule has 0 aliphatic carbocycles. The summed E-state index contributed by atoms with van der Waals surface area (Å²) in [5.41, 5.74) is -0.599. The molecule has 5 nitrogen and oxygen atoms in total. The van der Waals surface area contributed by atoms with Gasteiger partial charge in [-0.1, -0.05) is 20.8 Å². The molecule has 0 aliphatic heterocycles. The monoisotopic (exact) mass is 382 g/mol. The minimum Gasteiger partial charge on any atom is -0.487 e. The second kappa shape index (κ2) is 9.72. The lowest BCUT2D eigenvalue weighted by molar-refractivity contribution is -0.167. The smallest absolute Gasteiger partial charge is 0.309 e. The molecule has 1 aromatic rings. The van der Waals surface area contributed by atoms with E-state index in [1.54, 1.807) is 34.6 Å². The highest BCUT2D eigenvalue weighted by Gasteiger charge is 2.30. The van der Waals surface area contributed by atoms with Crippen LogP contribution in [0.5, 0.6) is 5.75 Å². The minimum atomic E-state index is -0.626. The number of hydrogen-bond donors (Lipinski definition) is 0. The van der Waals surface area contributed by atoms with Crippen LogP contribution in [0.4, 0.5) is 4.39 Å². The van der Waals surface area contributed by atoms with E-state index in [1.165, 1.54) is 24.3 Å². The van der Waals surface area contributed by atoms with Crippen LogP contribution >= 0.6 is 0 Å². The summed E-state index contributed by atoms with van der Waals surface area (Å²) >= 11 is 0. The van der Waals surface area contributed by atoms with Crippen molar-refractivity contribution < 1.29 is 28.2 Å². The summed E-state index contributed by atoms with van der Waals surface area (Å²) in [6.45, 7) is 12.6. The first-order valence-electron chi connectivity index (χ1n) is 9.23. The lowest BCUT2D eigenvalue weighted by atomic mass is 10.0. The van der Waals surface area contributed by atoms with Gasteiger partial charge in [-0.05, 0) is 57.9 Å². The van der Waals surface area contributed by atoms with Crippen molar-refractivity contribution in [3.05, 3.63) is 30.1 Å². The van der Waals surface area contributed by atoms with Gasteiger partial charge < -0.3 is 14.2 Å². The van der Waals surface area contributed by atoms with Crippen LogP contribution in [0.25, 0.3) is 0 Å². The number of hydrogen-bond acceptors (Lipinski definition) is 5. The van der Waals surface area contributed by atoms with E-state index in [1.807, 2.05) is 13.8 Å². The van der Waals surface area contributed by atoms with Gasteiger partial charge in [-0.25, -0.2) is 4.39 Å². The summed E-state index contributed by atoms with van der Waals surface area (Å²) in [7, 11) is 0. The molecule has 0 bridgehead atoms. The fourth-order valence-corrected chi connectivity index (χ4v) is 2.54. The first-order valence-corrected chi connectivity index (χ1v) is 9.23. The molecule has 0 unspecified atom stereocenters. The molecule has 0 saturated carbocycles. The van der Waals surface area contributed by atoms with Crippen LogP contribution < -0.4 is 4.74 Å². The minimum absolute atomic E-state index is 0.00174. The molecule has 0 spiro atoms. The van der Waals surface area contributed by atoms with Gasteiger partial charge in [0, 0.05) is 0 Å². The van der Waals surface area contributed by atoms with Crippen molar-refractivity contribution in [1.29, 1.82) is 0 Å². The van der Waals surface area contributed by atoms with Gasteiger partial charge in [0.15, 0.2) is 0 Å². The third kappa shape index (κ3) is 8.41. The van der Waals surface area contributed by atoms with Crippen molar-refractivity contribution in [2.75, 3.05) is 0 Å². The largest absolute Gasteiger partial charge is 0.487 e. The van der Waals surface area contributed by atoms with Gasteiger partial charge >= 0.3 is 11.9 Å². The molecule has 0 amide bonds. The second-order valence-corrected chi connectivity index (χ2v) is 8.11. The molecule has 6 heteroatoms. The zero-order valence-corrected chi connectivity index (χ0v) is 17.2. The SMILES string of the molecule is CC(C)[C@H](OC(=O)[C@H](C)CC(=O)OC(C)(C)C)[C@H](C)Oc1ccc(F)cc1. The van der Waals surface area contributed by atoms with Gasteiger partial charge in [0.25, 0.3) is 0 Å². The van der Waals surface area contributed by atoms with E-state index < -0.39 is 35.7 Å². The maximum atomic E-state index is 13.0. The fourth-order valence-electron chi connectivity index (χ4n) is 2.54. The average molecular weight is 382 g/mol. The predicted molar refractivity (Wildman–Crippen MR) is 101 cm³/mol. The molecular formula is C21H31FO5. The van der Waals surface area contributed by atoms with Gasteiger partial charge in [-0.3, -0.25) is 9.59 Å². The third-order valence-corrected chi connectivity index (χ3v) is 3.80. The third-order valence-electron chi connectivity index (χ3n) is 3.80. The first-order chi connectivity index (χ1) is 12.4. The molecule has 152 valence electrons. The summed E-state index contributed by atoms with van der Waals surface area (Å²) in [6, 6.07) is 5.66. The quantitative estimate of drug-likeness (QED) is 0.618. The number of rotatable bonds is 8. The number of carbonyl (C=O) groups excluding carboxylic acids is 2. The molecule has 0 fully saturated rings. The standard InChI is InChI=1S/C21H31FO5/c1-13(2)19(15(4)25-17-10-8-16(22)9-11-17)26-20(24)14(3)12-18(23)27-21(5,6)7/h8-11,13-15,19H,12H2,1-7H3/t14-,15+,19+/m1/s1. The van der Waals surface area contributed by atoms with Crippen LogP contribution in [0, 0.1) is 17.7 Å². The van der Waals surface area contributed by atoms with Crippen LogP contribution in [-0.2, 0) is 19.1 Å². The summed E-state index contributed by atoms with van der Waals surface area (Å²) in [6.07, 6.45) is -0.995. The Morgan fingerprint density at radius 2 is 1.59 bits per heavy atom. The lowest BCUT2D eigenvalue weighted by Crippen LogP contribution is -2.39. The van der Waals surface area contributed by atoms with E-state index in [0.717, 1.165) is 0 Å². The summed E-state index contributed by atoms with van der Waals surface area (Å²) < 4.78 is 29.7. The number of halogens is 1. The van der Waals surface area contributed by atoms with Crippen LogP contribution in [0.3, 0.4) is 0 Å². The zero-order valence-electron chi connectivity index (χ0n) is 17.2. The van der Waals surface area contributed by atoms with Crippen molar-refractivity contribution in [2.24, 2.45) is 11.8 Å². The highest BCUT2D eigenvalue weighted by molar-refractivity contribution is 5.79. The van der Waals surface area contributed by atoms with Crippen molar-refractivity contribution in [2.45, 2.75) is 72.7 Å². The summed E-state index contributed by atoms with van der Waals surface area (Å²) in [4.78, 5) is 24.3. The molecule has 0 aromatic heterocycles. The highest BCUT2D eigenvalue weighted by Crippen LogP contribution is 2.21. The zero-order chi connectivity index (χ0) is 20.8. The Morgan fingerprint density at radius 3 is 2.07 bits per heavy atom. The number of benzene rings is 1. The van der Waals surface area contributed by atoms with Crippen LogP contribution in [-0.4, -0.2) is 29.7 Å². The molecule has 0 heterocycles. The van der Waals surface area contributed by atoms with Gasteiger partial charge in [-0.2, -0.15) is 0 Å². The topological polar surface area (TPSA) is 61.8 Å². The van der Waals surface area contributed by atoms with Crippen molar-refractivity contribution in [3.63, 3.8) is 0 Å². The van der Waals surface area contributed by atoms with E-state index >= 15 is 0 Å². The Hall–Kier alpha value is -2.11. The molecule has 1 rings (SSSR count). The van der Waals surface area contributed by atoms with E-state index in [4.69, 9.17) is 14.2 Å². The normalized spacial score (nSPS) is 15.0. The Bertz CT molecular complexity index is 618. The lowest BCUT2D eigenvalue weighted by Gasteiger charge is -2.29. The highest BCUT2D eigenvalue weighted by atomic mass is 19.1. The van der Waals surface area contributed by atoms with Gasteiger partial charge in [0.1, 0.15) is 29.4 Å². The van der Waals surface area contributed by atoms with Gasteiger partial charge in [-0.15, -0.1) is 0 Å². The van der Waals surface area contributed by atoms with E-state index in [0.29, 0.717) is 5.75 Å². The molecule has 0 aliphatic rings. The molecule has 3 atom stereocenters. The van der Waals surface area contributed by atoms with Crippen molar-refractivity contribution in [1.82, 2.24) is 0 Å². The maximum Gasteiger partial charge on any atom is 0.309 e. The molecule has 0 radical (unpaired) electrons. The Balaban J connectivity index is 2.67. The first kappa shape index (κ1) is 22.9. The molecule has 1 aromatic carbocycles. The average Bonchev–Trinajstić information content (AvgIpc) is 2.52. The Morgan fingerprint density at radius 1 is 1.04 bits per heavy atom. The van der Waals surface area contributed by atoms with E-state index in [9.17, 15) is 14.0 Å². The fraction of sp³-hybridized carbons (Fsp3) is 0.619. The maximum absolute atomic E-state index is 13.0. The van der Waals surface area contributed by atoms with Gasteiger partial charge in [0.2, 0.25) is 0 Å². The number of ether oxygens (including phenoxy) is 3. The van der Waals surface area contributed by atoms with Gasteiger partial charge in [0.05, 0.1) is 12.3 Å². The van der Waals surface area contributed by atoms with Crippen LogP contribution in [0.1, 0.15) is 54.9 Å². The van der Waals surface area contributed by atoms with E-state index in [-0.39, 0.29) is 18.2 Å². The molecule has 0 N–H and O–H groups in total. The summed E-state index contributed by atoms with van der Waals surface area (Å²) in [5, 5.41) is 0. The van der Waals surface area contributed by atoms with Crippen LogP contribution in [0.15, 0.2) is 24.3 Å². The Labute approximate surface area is 161 Å².